The minimum absolute atomic E-state index is 0.0925. The van der Waals surface area contributed by atoms with Crippen molar-refractivity contribution in [2.75, 3.05) is 11.9 Å². The van der Waals surface area contributed by atoms with Gasteiger partial charge in [-0.25, -0.2) is 18.9 Å². The van der Waals surface area contributed by atoms with Crippen molar-refractivity contribution >= 4 is 11.5 Å². The first-order valence-corrected chi connectivity index (χ1v) is 7.63. The average molecular weight is 380 g/mol. The van der Waals surface area contributed by atoms with E-state index in [1.807, 2.05) is 6.07 Å². The van der Waals surface area contributed by atoms with Crippen LogP contribution in [0.1, 0.15) is 24.1 Å². The zero-order valence-electron chi connectivity index (χ0n) is 13.8. The Kier molecular flexibility index (Phi) is 4.81. The molecule has 0 radical (unpaired) electrons. The van der Waals surface area contributed by atoms with Gasteiger partial charge in [-0.2, -0.15) is 23.5 Å². The second kappa shape index (κ2) is 7.06. The summed E-state index contributed by atoms with van der Waals surface area (Å²) in [7, 11) is 0. The fourth-order valence-electron chi connectivity index (χ4n) is 2.35. The lowest BCUT2D eigenvalue weighted by Crippen LogP contribution is -2.21. The van der Waals surface area contributed by atoms with Crippen LogP contribution in [0.25, 0.3) is 5.65 Å². The molecule has 0 amide bonds. The van der Waals surface area contributed by atoms with Crippen molar-refractivity contribution in [3.8, 4) is 11.9 Å². The van der Waals surface area contributed by atoms with Gasteiger partial charge in [0.1, 0.15) is 23.3 Å². The maximum atomic E-state index is 13.6. The predicted molar refractivity (Wildman–Crippen MR) is 85.5 cm³/mol. The number of nitriles is 1. The van der Waals surface area contributed by atoms with Gasteiger partial charge in [0.15, 0.2) is 12.3 Å². The molecule has 0 bridgehead atoms. The minimum Gasteiger partial charge on any atom is -0.468 e. The molecule has 0 unspecified atom stereocenters. The Morgan fingerprint density at radius 1 is 1.37 bits per heavy atom. The lowest BCUT2D eigenvalue weighted by Gasteiger charge is -2.18. The molecule has 3 rings (SSSR count). The molecule has 0 spiro atoms. The number of alkyl halides is 3. The molecule has 3 aromatic rings. The van der Waals surface area contributed by atoms with Crippen molar-refractivity contribution in [2.45, 2.75) is 19.1 Å². The molecule has 0 aliphatic carbocycles. The van der Waals surface area contributed by atoms with Crippen LogP contribution in [0, 0.1) is 17.1 Å². The Labute approximate surface area is 150 Å². The largest absolute Gasteiger partial charge is 0.468 e. The maximum absolute atomic E-state index is 13.6. The summed E-state index contributed by atoms with van der Waals surface area (Å²) in [6, 6.07) is 3.86. The van der Waals surface area contributed by atoms with Gasteiger partial charge in [0, 0.05) is 11.8 Å². The number of pyridine rings is 1. The summed E-state index contributed by atoms with van der Waals surface area (Å²) in [5, 5.41) is 15.9. The topological polar surface area (TPSA) is 88.1 Å². The second-order valence-electron chi connectivity index (χ2n) is 5.57. The fourth-order valence-corrected chi connectivity index (χ4v) is 2.35. The summed E-state index contributed by atoms with van der Waals surface area (Å²) in [6.45, 7) is 0.0429. The minimum atomic E-state index is -4.55. The molecule has 3 aromatic heterocycles. The molecule has 140 valence electrons. The summed E-state index contributed by atoms with van der Waals surface area (Å²) in [4.78, 5) is 7.84. The molecule has 0 fully saturated rings. The van der Waals surface area contributed by atoms with E-state index in [-0.39, 0.29) is 17.0 Å². The molecule has 0 saturated heterocycles. The van der Waals surface area contributed by atoms with Crippen LogP contribution in [0.15, 0.2) is 30.7 Å². The van der Waals surface area contributed by atoms with E-state index in [9.17, 15) is 17.6 Å². The number of fused-ring (bicyclic) bond motifs is 1. The number of ether oxygens (including phenoxy) is 1. The van der Waals surface area contributed by atoms with Gasteiger partial charge in [-0.05, 0) is 19.1 Å². The highest BCUT2D eigenvalue weighted by molar-refractivity contribution is 5.57. The summed E-state index contributed by atoms with van der Waals surface area (Å²) < 4.78 is 56.8. The molecule has 0 aliphatic rings. The van der Waals surface area contributed by atoms with Gasteiger partial charge in [0.05, 0.1) is 18.4 Å². The monoisotopic (exact) mass is 380 g/mol. The van der Waals surface area contributed by atoms with Crippen LogP contribution in [-0.4, -0.2) is 32.4 Å². The quantitative estimate of drug-likeness (QED) is 0.684. The van der Waals surface area contributed by atoms with E-state index in [2.05, 4.69) is 25.1 Å². The van der Waals surface area contributed by atoms with E-state index in [1.54, 1.807) is 19.2 Å². The number of anilines is 1. The first kappa shape index (κ1) is 18.4. The van der Waals surface area contributed by atoms with Crippen LogP contribution in [0.3, 0.4) is 0 Å². The molecule has 0 aliphatic heterocycles. The third kappa shape index (κ3) is 4.22. The lowest BCUT2D eigenvalue weighted by molar-refractivity contribution is -0.154. The number of nitrogens with one attached hydrogen (secondary N) is 1. The zero-order valence-corrected chi connectivity index (χ0v) is 13.8. The third-order valence-electron chi connectivity index (χ3n) is 3.54. The van der Waals surface area contributed by atoms with Crippen LogP contribution < -0.4 is 10.1 Å². The van der Waals surface area contributed by atoms with Gasteiger partial charge in [-0.1, -0.05) is 0 Å². The van der Waals surface area contributed by atoms with Crippen molar-refractivity contribution < 1.29 is 22.3 Å². The van der Waals surface area contributed by atoms with Crippen LogP contribution >= 0.6 is 0 Å². The average Bonchev–Trinajstić information content (AvgIpc) is 3.02. The normalized spacial score (nSPS) is 12.6. The molecule has 0 saturated carbocycles. The van der Waals surface area contributed by atoms with E-state index < -0.39 is 24.6 Å². The fraction of sp³-hybridized carbons (Fsp3) is 0.250. The number of nitrogens with zero attached hydrogens (tertiary/aromatic N) is 5. The van der Waals surface area contributed by atoms with E-state index in [1.165, 1.54) is 10.7 Å². The number of aromatic nitrogens is 4. The Balaban J connectivity index is 1.86. The molecule has 11 heteroatoms. The lowest BCUT2D eigenvalue weighted by atomic mass is 10.1. The highest BCUT2D eigenvalue weighted by Crippen LogP contribution is 2.28. The summed E-state index contributed by atoms with van der Waals surface area (Å²) in [5.41, 5.74) is 0.656. The van der Waals surface area contributed by atoms with Crippen molar-refractivity contribution in [2.24, 2.45) is 0 Å². The summed E-state index contributed by atoms with van der Waals surface area (Å²) in [6.07, 6.45) is -0.859. The third-order valence-corrected chi connectivity index (χ3v) is 3.54. The second-order valence-corrected chi connectivity index (χ2v) is 5.57. The highest BCUT2D eigenvalue weighted by Gasteiger charge is 2.29. The molecule has 1 atom stereocenters. The van der Waals surface area contributed by atoms with Crippen LogP contribution in [0.5, 0.6) is 5.88 Å². The Morgan fingerprint density at radius 3 is 2.85 bits per heavy atom. The zero-order chi connectivity index (χ0) is 19.6. The number of rotatable bonds is 5. The van der Waals surface area contributed by atoms with Crippen molar-refractivity contribution in [1.29, 1.82) is 5.26 Å². The van der Waals surface area contributed by atoms with Crippen molar-refractivity contribution in [3.05, 3.63) is 47.7 Å². The SMILES string of the molecule is C[C@@H](Nc1ccn2ncc(C#N)c2n1)c1cc(F)cnc1OCC(F)(F)F. The Bertz CT molecular complexity index is 1010. The standard InChI is InChI=1S/C16H12F4N6O/c1-9(12-4-11(17)7-22-15(12)27-8-16(18,19)20)24-13-2-3-26-14(25-13)10(5-21)6-23-26/h2-4,6-7,9H,8H2,1H3,(H,24,25)/t9-/m1/s1. The summed E-state index contributed by atoms with van der Waals surface area (Å²) in [5.74, 6) is -0.737. The maximum Gasteiger partial charge on any atom is 0.422 e. The van der Waals surface area contributed by atoms with Gasteiger partial charge >= 0.3 is 6.18 Å². The van der Waals surface area contributed by atoms with Crippen molar-refractivity contribution in [3.63, 3.8) is 0 Å². The van der Waals surface area contributed by atoms with Gasteiger partial charge in [0.25, 0.3) is 0 Å². The van der Waals surface area contributed by atoms with E-state index in [0.29, 0.717) is 11.5 Å². The molecule has 3 heterocycles. The smallest absolute Gasteiger partial charge is 0.422 e. The molecule has 27 heavy (non-hydrogen) atoms. The molecule has 0 aromatic carbocycles. The van der Waals surface area contributed by atoms with Gasteiger partial charge in [0.2, 0.25) is 5.88 Å². The van der Waals surface area contributed by atoms with E-state index in [0.717, 1.165) is 12.3 Å². The molecular weight excluding hydrogens is 368 g/mol. The van der Waals surface area contributed by atoms with Crippen LogP contribution in [0.2, 0.25) is 0 Å². The number of hydrogen-bond acceptors (Lipinski definition) is 6. The van der Waals surface area contributed by atoms with Gasteiger partial charge in [-0.15, -0.1) is 0 Å². The van der Waals surface area contributed by atoms with E-state index in [4.69, 9.17) is 5.26 Å². The highest BCUT2D eigenvalue weighted by atomic mass is 19.4. The number of hydrogen-bond donors (Lipinski definition) is 1. The van der Waals surface area contributed by atoms with Gasteiger partial charge in [-0.3, -0.25) is 0 Å². The first-order chi connectivity index (χ1) is 12.8. The van der Waals surface area contributed by atoms with E-state index >= 15 is 0 Å². The summed E-state index contributed by atoms with van der Waals surface area (Å²) >= 11 is 0. The molecular formula is C16H12F4N6O. The Morgan fingerprint density at radius 2 is 2.15 bits per heavy atom. The predicted octanol–water partition coefficient (Wildman–Crippen LogP) is 3.25. The van der Waals surface area contributed by atoms with Gasteiger partial charge < -0.3 is 10.1 Å². The first-order valence-electron chi connectivity index (χ1n) is 7.63. The van der Waals surface area contributed by atoms with Crippen molar-refractivity contribution in [1.82, 2.24) is 19.6 Å². The molecule has 7 nitrogen and oxygen atoms in total. The van der Waals surface area contributed by atoms with Crippen LogP contribution in [0.4, 0.5) is 23.4 Å². The molecule has 1 N–H and O–H groups in total. The Hall–Kier alpha value is -3.42. The number of halogens is 4. The van der Waals surface area contributed by atoms with Crippen LogP contribution in [-0.2, 0) is 0 Å².